The highest BCUT2D eigenvalue weighted by Crippen LogP contribution is 2.51. The van der Waals surface area contributed by atoms with Crippen molar-refractivity contribution in [2.45, 2.75) is 58.4 Å². The third-order valence-electron chi connectivity index (χ3n) is 3.65. The summed E-state index contributed by atoms with van der Waals surface area (Å²) in [5.41, 5.74) is 2.46. The topological polar surface area (TPSA) is 157 Å². The fraction of sp³-hybridized carbons (Fsp3) is 0.600. The molecule has 0 spiro atoms. The molecule has 0 amide bonds. The Hall–Kier alpha value is -1.08. The molecule has 26 heavy (non-hydrogen) atoms. The van der Waals surface area contributed by atoms with E-state index in [9.17, 15) is 28.7 Å². The van der Waals surface area contributed by atoms with Crippen LogP contribution in [-0.4, -0.2) is 20.4 Å². The quantitative estimate of drug-likeness (QED) is 0.392. The van der Waals surface area contributed by atoms with Gasteiger partial charge in [-0.3, -0.25) is 4.68 Å². The molecule has 1 aromatic rings. The average Bonchev–Trinajstić information content (AvgIpc) is 2.89. The summed E-state index contributed by atoms with van der Waals surface area (Å²) in [5, 5.41) is 4.85. The second kappa shape index (κ2) is 9.74. The van der Waals surface area contributed by atoms with E-state index >= 15 is 0 Å². The van der Waals surface area contributed by atoms with E-state index in [1.54, 1.807) is 0 Å². The second-order valence-electron chi connectivity index (χ2n) is 6.40. The first-order valence-electron chi connectivity index (χ1n) is 8.11. The largest absolute Gasteiger partial charge is 0.810 e. The van der Waals surface area contributed by atoms with Crippen LogP contribution in [0.5, 0.6) is 0 Å². The van der Waals surface area contributed by atoms with Gasteiger partial charge in [0.2, 0.25) is 0 Å². The molecule has 1 aromatic heterocycles. The molecule has 0 unspecified atom stereocenters. The van der Waals surface area contributed by atoms with Crippen LogP contribution in [0.1, 0.15) is 45.7 Å². The monoisotopic (exact) mass is 403 g/mol. The highest BCUT2D eigenvalue weighted by molar-refractivity contribution is 7.68. The number of allylic oxidation sites excluding steroid dienone is 4. The number of aromatic nitrogens is 3. The molecular weight excluding hydrogens is 380 g/mol. The smallest absolute Gasteiger partial charge is 0.0837 e. The first-order valence-corrected chi connectivity index (χ1v) is 11.3. The summed E-state index contributed by atoms with van der Waals surface area (Å²) in [6.07, 6.45) is 7.34. The van der Waals surface area contributed by atoms with Crippen LogP contribution in [0.15, 0.2) is 29.5 Å². The Bertz CT molecular complexity index is 720. The van der Waals surface area contributed by atoms with Crippen molar-refractivity contribution in [3.8, 4) is 0 Å². The number of rotatable bonds is 10. The lowest BCUT2D eigenvalue weighted by molar-refractivity contribution is -0.329. The fourth-order valence-electron chi connectivity index (χ4n) is 2.26. The summed E-state index contributed by atoms with van der Waals surface area (Å²) in [6, 6.07) is 0. The van der Waals surface area contributed by atoms with Crippen LogP contribution < -0.4 is 19.6 Å². The summed E-state index contributed by atoms with van der Waals surface area (Å²) in [7, 11) is -11.2. The standard InChI is InChI=1S/C15H27N3O6P2/c1-12(2)6-4-7-13(3)8-5-9-18-11-14(16-17-18)10-15(25(19,20)21)26(22,23)24/h6,8,11,15H,4-5,7,9-10H2,1-3H3,(H2,19,20,21)(H2,22,23,24)/p-4/b13-8+. The Balaban J connectivity index is 2.61. The van der Waals surface area contributed by atoms with Crippen molar-refractivity contribution in [2.24, 2.45) is 0 Å². The van der Waals surface area contributed by atoms with Crippen molar-refractivity contribution in [2.75, 3.05) is 0 Å². The highest BCUT2D eigenvalue weighted by atomic mass is 31.2. The molecule has 0 bridgehead atoms. The molecule has 1 heterocycles. The summed E-state index contributed by atoms with van der Waals surface area (Å²) < 4.78 is 23.4. The Morgan fingerprint density at radius 1 is 1.12 bits per heavy atom. The maximum Gasteiger partial charge on any atom is 0.0837 e. The van der Waals surface area contributed by atoms with Crippen LogP contribution in [0.25, 0.3) is 0 Å². The molecule has 0 fully saturated rings. The van der Waals surface area contributed by atoms with E-state index in [-0.39, 0.29) is 5.69 Å². The van der Waals surface area contributed by atoms with E-state index in [4.69, 9.17) is 0 Å². The van der Waals surface area contributed by atoms with E-state index in [1.807, 2.05) is 20.8 Å². The molecule has 0 aliphatic rings. The number of hydrogen-bond acceptors (Lipinski definition) is 8. The van der Waals surface area contributed by atoms with Gasteiger partial charge >= 0.3 is 0 Å². The van der Waals surface area contributed by atoms with Crippen LogP contribution >= 0.6 is 15.2 Å². The van der Waals surface area contributed by atoms with Gasteiger partial charge in [-0.1, -0.05) is 43.7 Å². The van der Waals surface area contributed by atoms with Crippen molar-refractivity contribution in [1.29, 1.82) is 0 Å². The molecule has 0 aliphatic carbocycles. The molecule has 0 saturated carbocycles. The molecule has 0 atom stereocenters. The lowest BCUT2D eigenvalue weighted by Gasteiger charge is -2.48. The first-order chi connectivity index (χ1) is 11.9. The van der Waals surface area contributed by atoms with Gasteiger partial charge in [-0.15, -0.1) is 5.10 Å². The predicted octanol–water partition coefficient (Wildman–Crippen LogP) is 0.0569. The van der Waals surface area contributed by atoms with Gasteiger partial charge in [-0.05, 0) is 40.0 Å². The van der Waals surface area contributed by atoms with Crippen molar-refractivity contribution in [3.05, 3.63) is 35.2 Å². The van der Waals surface area contributed by atoms with Crippen molar-refractivity contribution in [3.63, 3.8) is 0 Å². The number of hydrogen-bond donors (Lipinski definition) is 0. The van der Waals surface area contributed by atoms with Crippen LogP contribution in [0, 0.1) is 0 Å². The van der Waals surface area contributed by atoms with E-state index in [1.165, 1.54) is 22.0 Å². The minimum atomic E-state index is -5.59. The molecular formula is C15H23N3O6P2-4. The van der Waals surface area contributed by atoms with Gasteiger partial charge in [-0.2, -0.15) is 0 Å². The molecule has 148 valence electrons. The summed E-state index contributed by atoms with van der Waals surface area (Å²) >= 11 is 0. The van der Waals surface area contributed by atoms with E-state index in [0.29, 0.717) is 13.0 Å². The van der Waals surface area contributed by atoms with Gasteiger partial charge in [0, 0.05) is 24.6 Å². The molecule has 0 aromatic carbocycles. The minimum Gasteiger partial charge on any atom is -0.810 e. The molecule has 9 nitrogen and oxygen atoms in total. The third-order valence-corrected chi connectivity index (χ3v) is 7.17. The molecule has 0 N–H and O–H groups in total. The molecule has 1 rings (SSSR count). The van der Waals surface area contributed by atoms with Crippen molar-refractivity contribution >= 4 is 15.2 Å². The lowest BCUT2D eigenvalue weighted by Crippen LogP contribution is -2.35. The minimum absolute atomic E-state index is 0.0295. The van der Waals surface area contributed by atoms with Crippen LogP contribution in [0.2, 0.25) is 0 Å². The van der Waals surface area contributed by atoms with Gasteiger partial charge in [0.15, 0.2) is 0 Å². The Labute approximate surface area is 153 Å². The third kappa shape index (κ3) is 8.54. The molecule has 11 heteroatoms. The summed E-state index contributed by atoms with van der Waals surface area (Å²) in [6.45, 7) is 6.57. The van der Waals surface area contributed by atoms with Gasteiger partial charge in [0.1, 0.15) is 0 Å². The Morgan fingerprint density at radius 2 is 1.73 bits per heavy atom. The zero-order valence-electron chi connectivity index (χ0n) is 15.0. The zero-order valence-corrected chi connectivity index (χ0v) is 16.8. The first kappa shape index (κ1) is 23.0. The predicted molar refractivity (Wildman–Crippen MR) is 89.8 cm³/mol. The van der Waals surface area contributed by atoms with E-state index in [2.05, 4.69) is 22.5 Å². The normalized spacial score (nSPS) is 13.3. The number of nitrogens with zero attached hydrogens (tertiary/aromatic N) is 3. The average molecular weight is 403 g/mol. The maximum absolute atomic E-state index is 11.0. The Morgan fingerprint density at radius 3 is 2.27 bits per heavy atom. The highest BCUT2D eigenvalue weighted by Gasteiger charge is 2.19. The zero-order chi connectivity index (χ0) is 20.0. The molecule has 0 saturated heterocycles. The van der Waals surface area contributed by atoms with Gasteiger partial charge in [0.25, 0.3) is 0 Å². The summed E-state index contributed by atoms with van der Waals surface area (Å²) in [5.74, 6) is 0. The van der Waals surface area contributed by atoms with Crippen molar-refractivity contribution < 1.29 is 28.7 Å². The van der Waals surface area contributed by atoms with Gasteiger partial charge in [-0.25, -0.2) is 0 Å². The second-order valence-corrected chi connectivity index (χ2v) is 10.2. The SMILES string of the molecule is CC(C)=CCC/C(C)=C/CCn1cc(CC(P(=O)([O-])[O-])P(=O)([O-])[O-])nn1. The lowest BCUT2D eigenvalue weighted by atomic mass is 10.1. The molecule has 0 aliphatic heterocycles. The van der Waals surface area contributed by atoms with Crippen LogP contribution in [-0.2, 0) is 22.1 Å². The van der Waals surface area contributed by atoms with Crippen LogP contribution in [0.4, 0.5) is 0 Å². The van der Waals surface area contributed by atoms with Crippen molar-refractivity contribution in [1.82, 2.24) is 15.0 Å². The fourth-order valence-corrected chi connectivity index (χ4v) is 4.47. The van der Waals surface area contributed by atoms with Gasteiger partial charge < -0.3 is 28.7 Å². The van der Waals surface area contributed by atoms with Crippen LogP contribution in [0.3, 0.4) is 0 Å². The Kier molecular flexibility index (Phi) is 8.60. The van der Waals surface area contributed by atoms with E-state index < -0.39 is 27.0 Å². The number of aryl methyl sites for hydroxylation is 1. The van der Waals surface area contributed by atoms with E-state index in [0.717, 1.165) is 12.8 Å². The maximum atomic E-state index is 11.0. The molecule has 0 radical (unpaired) electrons. The summed E-state index contributed by atoms with van der Waals surface area (Å²) in [4.78, 5) is 44.0. The van der Waals surface area contributed by atoms with Gasteiger partial charge in [0.05, 0.1) is 5.69 Å².